The van der Waals surface area contributed by atoms with Gasteiger partial charge in [-0.25, -0.2) is 4.68 Å². The molecule has 2 aromatic carbocycles. The van der Waals surface area contributed by atoms with Crippen molar-refractivity contribution in [3.8, 4) is 5.69 Å². The summed E-state index contributed by atoms with van der Waals surface area (Å²) in [6.07, 6.45) is -1.52. The first kappa shape index (κ1) is 22.8. The molecule has 2 amide bonds. The number of aryl methyl sites for hydroxylation is 1. The third kappa shape index (κ3) is 5.84. The maximum absolute atomic E-state index is 12.3. The lowest BCUT2D eigenvalue weighted by Gasteiger charge is -2.09. The van der Waals surface area contributed by atoms with Gasteiger partial charge in [0.05, 0.1) is 11.4 Å². The first-order chi connectivity index (χ1) is 15.1. The quantitative estimate of drug-likeness (QED) is 0.555. The van der Waals surface area contributed by atoms with Crippen molar-refractivity contribution >= 4 is 23.6 Å². The zero-order valence-corrected chi connectivity index (χ0v) is 17.4. The molecule has 3 rings (SSSR count). The van der Waals surface area contributed by atoms with Crippen LogP contribution in [0.25, 0.3) is 11.8 Å². The van der Waals surface area contributed by atoms with Gasteiger partial charge in [0.2, 0.25) is 5.91 Å². The zero-order chi connectivity index (χ0) is 23.3. The molecule has 0 aliphatic carbocycles. The Balaban J connectivity index is 1.69. The Morgan fingerprint density at radius 1 is 1.06 bits per heavy atom. The molecular weight excluding hydrogens is 421 g/mol. The molecule has 0 fully saturated rings. The number of amides is 2. The average Bonchev–Trinajstić information content (AvgIpc) is 3.04. The van der Waals surface area contributed by atoms with E-state index < -0.39 is 24.5 Å². The lowest BCUT2D eigenvalue weighted by Crippen LogP contribution is -2.33. The largest absolute Gasteiger partial charge is 0.405 e. The summed E-state index contributed by atoms with van der Waals surface area (Å²) in [5.41, 5.74) is 3.60. The number of anilines is 1. The maximum atomic E-state index is 12.3. The standard InChI is InChI=1S/C23H21F3N4O2/c1-15-20(16(2)30(29-15)19-9-4-3-5-10-19)11-12-21(31)28-18-8-6-7-17(13-18)22(32)27-14-23(24,25)26/h3-13H,14H2,1-2H3,(H,27,32)(H,28,31). The minimum absolute atomic E-state index is 0.00635. The van der Waals surface area contributed by atoms with Crippen molar-refractivity contribution in [2.75, 3.05) is 11.9 Å². The molecule has 166 valence electrons. The number of carbonyl (C=O) groups excluding carboxylic acids is 2. The fraction of sp³-hybridized carbons (Fsp3) is 0.174. The molecule has 6 nitrogen and oxygen atoms in total. The van der Waals surface area contributed by atoms with Gasteiger partial charge in [-0.2, -0.15) is 18.3 Å². The fourth-order valence-corrected chi connectivity index (χ4v) is 3.08. The van der Waals surface area contributed by atoms with Crippen molar-refractivity contribution in [3.63, 3.8) is 0 Å². The van der Waals surface area contributed by atoms with Gasteiger partial charge in [0.15, 0.2) is 0 Å². The summed E-state index contributed by atoms with van der Waals surface area (Å²) in [6.45, 7) is 2.31. The number of nitrogens with one attached hydrogen (secondary N) is 2. The number of nitrogens with zero attached hydrogens (tertiary/aromatic N) is 2. The number of hydrogen-bond donors (Lipinski definition) is 2. The van der Waals surface area contributed by atoms with Crippen molar-refractivity contribution in [2.24, 2.45) is 0 Å². The molecule has 0 aliphatic heterocycles. The smallest absolute Gasteiger partial charge is 0.343 e. The summed E-state index contributed by atoms with van der Waals surface area (Å²) in [4.78, 5) is 24.2. The molecular formula is C23H21F3N4O2. The second kappa shape index (κ2) is 9.51. The SMILES string of the molecule is Cc1nn(-c2ccccc2)c(C)c1C=CC(=O)Nc1cccc(C(=O)NCC(F)(F)F)c1. The Morgan fingerprint density at radius 2 is 1.78 bits per heavy atom. The highest BCUT2D eigenvalue weighted by atomic mass is 19.4. The van der Waals surface area contributed by atoms with E-state index >= 15 is 0 Å². The molecule has 0 atom stereocenters. The van der Waals surface area contributed by atoms with Crippen molar-refractivity contribution in [2.45, 2.75) is 20.0 Å². The average molecular weight is 442 g/mol. The van der Waals surface area contributed by atoms with Crippen molar-refractivity contribution in [3.05, 3.63) is 83.2 Å². The van der Waals surface area contributed by atoms with E-state index in [1.807, 2.05) is 44.2 Å². The summed E-state index contributed by atoms with van der Waals surface area (Å²) in [5, 5.41) is 8.91. The summed E-state index contributed by atoms with van der Waals surface area (Å²) >= 11 is 0. The molecule has 0 radical (unpaired) electrons. The molecule has 1 heterocycles. The van der Waals surface area contributed by atoms with E-state index in [4.69, 9.17) is 0 Å². The summed E-state index contributed by atoms with van der Waals surface area (Å²) in [5.74, 6) is -1.34. The van der Waals surface area contributed by atoms with Crippen LogP contribution >= 0.6 is 0 Å². The van der Waals surface area contributed by atoms with Crippen LogP contribution in [-0.2, 0) is 4.79 Å². The van der Waals surface area contributed by atoms with Gasteiger partial charge >= 0.3 is 6.18 Å². The van der Waals surface area contributed by atoms with Crippen LogP contribution in [0.5, 0.6) is 0 Å². The van der Waals surface area contributed by atoms with Crippen LogP contribution in [-0.4, -0.2) is 34.3 Å². The highest BCUT2D eigenvalue weighted by Crippen LogP contribution is 2.19. The van der Waals surface area contributed by atoms with E-state index in [1.165, 1.54) is 30.3 Å². The normalized spacial score (nSPS) is 11.5. The van der Waals surface area contributed by atoms with Crippen molar-refractivity contribution in [1.29, 1.82) is 0 Å². The van der Waals surface area contributed by atoms with Gasteiger partial charge in [-0.05, 0) is 50.3 Å². The van der Waals surface area contributed by atoms with Crippen LogP contribution in [0.2, 0.25) is 0 Å². The molecule has 0 unspecified atom stereocenters. The summed E-state index contributed by atoms with van der Waals surface area (Å²) in [7, 11) is 0. The van der Waals surface area contributed by atoms with E-state index in [2.05, 4.69) is 10.4 Å². The highest BCUT2D eigenvalue weighted by Gasteiger charge is 2.27. The van der Waals surface area contributed by atoms with Gasteiger partial charge in [0.25, 0.3) is 5.91 Å². The minimum Gasteiger partial charge on any atom is -0.343 e. The molecule has 0 spiro atoms. The monoisotopic (exact) mass is 442 g/mol. The molecule has 32 heavy (non-hydrogen) atoms. The molecule has 0 aliphatic rings. The first-order valence-electron chi connectivity index (χ1n) is 9.70. The van der Waals surface area contributed by atoms with Crippen LogP contribution in [0.1, 0.15) is 27.3 Å². The van der Waals surface area contributed by atoms with Gasteiger partial charge in [-0.3, -0.25) is 9.59 Å². The van der Waals surface area contributed by atoms with E-state index in [1.54, 1.807) is 16.1 Å². The lowest BCUT2D eigenvalue weighted by molar-refractivity contribution is -0.123. The van der Waals surface area contributed by atoms with Crippen molar-refractivity contribution in [1.82, 2.24) is 15.1 Å². The predicted octanol–water partition coefficient (Wildman–Crippen LogP) is 4.43. The fourth-order valence-electron chi connectivity index (χ4n) is 3.08. The first-order valence-corrected chi connectivity index (χ1v) is 9.70. The van der Waals surface area contributed by atoms with Gasteiger partial charge < -0.3 is 10.6 Å². The second-order valence-electron chi connectivity index (χ2n) is 7.03. The number of rotatable bonds is 6. The Labute approximate surface area is 182 Å². The van der Waals surface area contributed by atoms with Gasteiger partial charge in [0.1, 0.15) is 6.54 Å². The van der Waals surface area contributed by atoms with Crippen molar-refractivity contribution < 1.29 is 22.8 Å². The van der Waals surface area contributed by atoms with E-state index in [0.717, 1.165) is 22.6 Å². The Morgan fingerprint density at radius 3 is 2.47 bits per heavy atom. The number of hydrogen-bond acceptors (Lipinski definition) is 3. The highest BCUT2D eigenvalue weighted by molar-refractivity contribution is 6.03. The van der Waals surface area contributed by atoms with Gasteiger partial charge in [-0.15, -0.1) is 0 Å². The predicted molar refractivity (Wildman–Crippen MR) is 116 cm³/mol. The number of benzene rings is 2. The summed E-state index contributed by atoms with van der Waals surface area (Å²) in [6, 6.07) is 15.3. The Bertz CT molecular complexity index is 1150. The van der Waals surface area contributed by atoms with E-state index in [9.17, 15) is 22.8 Å². The molecule has 3 aromatic rings. The zero-order valence-electron chi connectivity index (χ0n) is 17.4. The lowest BCUT2D eigenvalue weighted by atomic mass is 10.1. The van der Waals surface area contributed by atoms with Crippen LogP contribution in [0.4, 0.5) is 18.9 Å². The minimum atomic E-state index is -4.50. The third-order valence-corrected chi connectivity index (χ3v) is 4.59. The Kier molecular flexibility index (Phi) is 6.77. The van der Waals surface area contributed by atoms with Crippen LogP contribution < -0.4 is 10.6 Å². The van der Waals surface area contributed by atoms with E-state index in [-0.39, 0.29) is 11.3 Å². The topological polar surface area (TPSA) is 76.0 Å². The molecule has 2 N–H and O–H groups in total. The summed E-state index contributed by atoms with van der Waals surface area (Å²) < 4.78 is 38.6. The Hall–Kier alpha value is -3.88. The van der Waals surface area contributed by atoms with Crippen LogP contribution in [0.15, 0.2) is 60.7 Å². The van der Waals surface area contributed by atoms with E-state index in [0.29, 0.717) is 0 Å². The number of alkyl halides is 3. The van der Waals surface area contributed by atoms with Crippen LogP contribution in [0.3, 0.4) is 0 Å². The molecule has 1 aromatic heterocycles. The number of halogens is 3. The third-order valence-electron chi connectivity index (χ3n) is 4.59. The van der Waals surface area contributed by atoms with Gasteiger partial charge in [0, 0.05) is 28.6 Å². The van der Waals surface area contributed by atoms with Crippen LogP contribution in [0, 0.1) is 13.8 Å². The molecule has 9 heteroatoms. The molecule has 0 saturated carbocycles. The molecule has 0 bridgehead atoms. The number of aromatic nitrogens is 2. The molecule has 0 saturated heterocycles. The number of para-hydroxylation sites is 1. The maximum Gasteiger partial charge on any atom is 0.405 e. The van der Waals surface area contributed by atoms with Gasteiger partial charge in [-0.1, -0.05) is 24.3 Å². The number of carbonyl (C=O) groups is 2. The second-order valence-corrected chi connectivity index (χ2v) is 7.03.